The molecular weight excluding hydrogens is 300 g/mol. The molecule has 0 aliphatic heterocycles. The SMILES string of the molecule is CC1CCCC1CNC(=O)c1cc(S(=O)(=O)Cl)cn1C. The van der Waals surface area contributed by atoms with Gasteiger partial charge in [-0.1, -0.05) is 19.8 Å². The summed E-state index contributed by atoms with van der Waals surface area (Å²) in [5, 5.41) is 2.88. The largest absolute Gasteiger partial charge is 0.350 e. The highest BCUT2D eigenvalue weighted by molar-refractivity contribution is 8.13. The van der Waals surface area contributed by atoms with Crippen LogP contribution >= 0.6 is 10.7 Å². The Morgan fingerprint density at radius 3 is 2.70 bits per heavy atom. The number of amides is 1. The first-order valence-electron chi connectivity index (χ1n) is 6.68. The molecule has 20 heavy (non-hydrogen) atoms. The maximum Gasteiger partial charge on any atom is 0.267 e. The molecule has 112 valence electrons. The van der Waals surface area contributed by atoms with Crippen LogP contribution in [0.25, 0.3) is 0 Å². The van der Waals surface area contributed by atoms with Crippen LogP contribution in [-0.4, -0.2) is 25.4 Å². The van der Waals surface area contributed by atoms with Crippen LogP contribution < -0.4 is 5.32 Å². The highest BCUT2D eigenvalue weighted by atomic mass is 35.7. The lowest BCUT2D eigenvalue weighted by atomic mass is 9.98. The van der Waals surface area contributed by atoms with E-state index in [4.69, 9.17) is 10.7 Å². The average molecular weight is 319 g/mol. The first-order valence-corrected chi connectivity index (χ1v) is 8.99. The Morgan fingerprint density at radius 1 is 1.50 bits per heavy atom. The quantitative estimate of drug-likeness (QED) is 0.865. The Kier molecular flexibility index (Phi) is 4.44. The van der Waals surface area contributed by atoms with E-state index in [2.05, 4.69) is 12.2 Å². The average Bonchev–Trinajstić information content (AvgIpc) is 2.92. The van der Waals surface area contributed by atoms with Gasteiger partial charge in [0, 0.05) is 30.5 Å². The van der Waals surface area contributed by atoms with Gasteiger partial charge in [-0.2, -0.15) is 0 Å². The van der Waals surface area contributed by atoms with Gasteiger partial charge in [0.2, 0.25) is 0 Å². The molecule has 0 aromatic carbocycles. The summed E-state index contributed by atoms with van der Waals surface area (Å²) in [6.07, 6.45) is 4.89. The second kappa shape index (κ2) is 5.77. The van der Waals surface area contributed by atoms with Gasteiger partial charge < -0.3 is 9.88 Å². The van der Waals surface area contributed by atoms with Crippen molar-refractivity contribution in [2.75, 3.05) is 6.54 Å². The van der Waals surface area contributed by atoms with Crippen molar-refractivity contribution in [1.29, 1.82) is 0 Å². The lowest BCUT2D eigenvalue weighted by Gasteiger charge is -2.15. The second-order valence-corrected chi connectivity index (χ2v) is 8.05. The molecular formula is C13H19ClN2O3S. The summed E-state index contributed by atoms with van der Waals surface area (Å²) in [5.74, 6) is 0.871. The van der Waals surface area contributed by atoms with Gasteiger partial charge in [0.05, 0.1) is 0 Å². The Morgan fingerprint density at radius 2 is 2.20 bits per heavy atom. The first kappa shape index (κ1) is 15.4. The van der Waals surface area contributed by atoms with Crippen molar-refractivity contribution in [3.05, 3.63) is 18.0 Å². The summed E-state index contributed by atoms with van der Waals surface area (Å²) in [6.45, 7) is 2.83. The molecule has 0 spiro atoms. The number of carbonyl (C=O) groups is 1. The molecule has 1 heterocycles. The van der Waals surface area contributed by atoms with E-state index in [1.807, 2.05) is 0 Å². The number of aryl methyl sites for hydroxylation is 1. The zero-order valence-corrected chi connectivity index (χ0v) is 13.2. The monoisotopic (exact) mass is 318 g/mol. The third-order valence-corrected chi connectivity index (χ3v) is 5.38. The second-order valence-electron chi connectivity index (χ2n) is 5.49. The van der Waals surface area contributed by atoms with Gasteiger partial charge in [-0.3, -0.25) is 4.79 Å². The lowest BCUT2D eigenvalue weighted by molar-refractivity contribution is 0.0936. The predicted octanol–water partition coefficient (Wildman–Crippen LogP) is 2.12. The van der Waals surface area contributed by atoms with Gasteiger partial charge in [-0.15, -0.1) is 0 Å². The third-order valence-electron chi connectivity index (χ3n) is 4.06. The molecule has 1 aromatic rings. The Balaban J connectivity index is 2.04. The van der Waals surface area contributed by atoms with Gasteiger partial charge in [0.15, 0.2) is 0 Å². The minimum Gasteiger partial charge on any atom is -0.350 e. The van der Waals surface area contributed by atoms with Crippen molar-refractivity contribution >= 4 is 25.6 Å². The molecule has 1 saturated carbocycles. The molecule has 1 aromatic heterocycles. The number of nitrogens with one attached hydrogen (secondary N) is 1. The molecule has 0 bridgehead atoms. The van der Waals surface area contributed by atoms with Crippen molar-refractivity contribution in [3.63, 3.8) is 0 Å². The lowest BCUT2D eigenvalue weighted by Crippen LogP contribution is -2.31. The summed E-state index contributed by atoms with van der Waals surface area (Å²) in [4.78, 5) is 12.0. The van der Waals surface area contributed by atoms with Crippen LogP contribution in [0.1, 0.15) is 36.7 Å². The first-order chi connectivity index (χ1) is 9.29. The Labute approximate surface area is 123 Å². The zero-order chi connectivity index (χ0) is 14.9. The van der Waals surface area contributed by atoms with Gasteiger partial charge in [-0.25, -0.2) is 8.42 Å². The summed E-state index contributed by atoms with van der Waals surface area (Å²) in [6, 6.07) is 1.30. The number of hydrogen-bond acceptors (Lipinski definition) is 3. The molecule has 7 heteroatoms. The van der Waals surface area contributed by atoms with E-state index in [1.54, 1.807) is 7.05 Å². The van der Waals surface area contributed by atoms with E-state index in [1.165, 1.54) is 29.7 Å². The molecule has 2 unspecified atom stereocenters. The smallest absolute Gasteiger partial charge is 0.267 e. The van der Waals surface area contributed by atoms with Crippen LogP contribution in [0.3, 0.4) is 0 Å². The van der Waals surface area contributed by atoms with Crippen LogP contribution in [0.2, 0.25) is 0 Å². The van der Waals surface area contributed by atoms with Gasteiger partial charge >= 0.3 is 0 Å². The summed E-state index contributed by atoms with van der Waals surface area (Å²) >= 11 is 0. The fourth-order valence-corrected chi connectivity index (χ4v) is 3.52. The summed E-state index contributed by atoms with van der Waals surface area (Å²) < 4.78 is 24.0. The molecule has 0 saturated heterocycles. The highest BCUT2D eigenvalue weighted by Crippen LogP contribution is 2.30. The van der Waals surface area contributed by atoms with Crippen molar-refractivity contribution in [3.8, 4) is 0 Å². The number of rotatable bonds is 4. The van der Waals surface area contributed by atoms with Crippen molar-refractivity contribution in [1.82, 2.24) is 9.88 Å². The standard InChI is InChI=1S/C13H19ClN2O3S/c1-9-4-3-5-10(9)7-15-13(17)12-6-11(8-16(12)2)20(14,18)19/h6,8-10H,3-5,7H2,1-2H3,(H,15,17). The van der Waals surface area contributed by atoms with E-state index in [-0.39, 0.29) is 10.8 Å². The normalized spacial score (nSPS) is 22.9. The molecule has 2 rings (SSSR count). The van der Waals surface area contributed by atoms with Gasteiger partial charge in [0.25, 0.3) is 15.0 Å². The molecule has 1 aliphatic carbocycles. The van der Waals surface area contributed by atoms with Crippen LogP contribution in [0, 0.1) is 11.8 Å². The summed E-state index contributed by atoms with van der Waals surface area (Å²) in [7, 11) is 3.09. The van der Waals surface area contributed by atoms with E-state index >= 15 is 0 Å². The minimum absolute atomic E-state index is 0.0546. The van der Waals surface area contributed by atoms with E-state index in [9.17, 15) is 13.2 Å². The maximum atomic E-state index is 12.1. The van der Waals surface area contributed by atoms with Crippen LogP contribution in [0.4, 0.5) is 0 Å². The Hall–Kier alpha value is -1.01. The molecule has 2 atom stereocenters. The van der Waals surface area contributed by atoms with Crippen LogP contribution in [0.5, 0.6) is 0 Å². The Bertz CT molecular complexity index is 609. The highest BCUT2D eigenvalue weighted by Gasteiger charge is 2.24. The van der Waals surface area contributed by atoms with E-state index < -0.39 is 9.05 Å². The molecule has 1 fully saturated rings. The zero-order valence-electron chi connectivity index (χ0n) is 11.6. The topological polar surface area (TPSA) is 68.2 Å². The van der Waals surface area contributed by atoms with Crippen LogP contribution in [0.15, 0.2) is 17.2 Å². The number of aromatic nitrogens is 1. The third kappa shape index (κ3) is 3.35. The minimum atomic E-state index is -3.81. The number of carbonyl (C=O) groups excluding carboxylic acids is 1. The molecule has 5 nitrogen and oxygen atoms in total. The summed E-state index contributed by atoms with van der Waals surface area (Å²) in [5.41, 5.74) is 0.301. The molecule has 1 aliphatic rings. The molecule has 1 N–H and O–H groups in total. The van der Waals surface area contributed by atoms with Crippen LogP contribution in [-0.2, 0) is 16.1 Å². The van der Waals surface area contributed by atoms with Gasteiger partial charge in [0.1, 0.15) is 10.6 Å². The number of nitrogens with zero attached hydrogens (tertiary/aromatic N) is 1. The van der Waals surface area contributed by atoms with Gasteiger partial charge in [-0.05, 0) is 24.3 Å². The fourth-order valence-electron chi connectivity index (χ4n) is 2.73. The van der Waals surface area contributed by atoms with E-state index in [0.717, 1.165) is 6.42 Å². The van der Waals surface area contributed by atoms with E-state index in [0.29, 0.717) is 24.1 Å². The van der Waals surface area contributed by atoms with Crippen molar-refractivity contribution in [2.24, 2.45) is 18.9 Å². The molecule has 1 amide bonds. The predicted molar refractivity (Wildman–Crippen MR) is 77.3 cm³/mol. The van der Waals surface area contributed by atoms with Crippen molar-refractivity contribution in [2.45, 2.75) is 31.1 Å². The molecule has 0 radical (unpaired) electrons. The number of halogens is 1. The number of hydrogen-bond donors (Lipinski definition) is 1. The maximum absolute atomic E-state index is 12.1. The van der Waals surface area contributed by atoms with Crippen molar-refractivity contribution < 1.29 is 13.2 Å². The fraction of sp³-hybridized carbons (Fsp3) is 0.615.